The van der Waals surface area contributed by atoms with Crippen LogP contribution in [0.2, 0.25) is 0 Å². The van der Waals surface area contributed by atoms with Crippen molar-refractivity contribution in [1.82, 2.24) is 9.97 Å². The van der Waals surface area contributed by atoms with Gasteiger partial charge in [-0.05, 0) is 35.7 Å². The van der Waals surface area contributed by atoms with E-state index in [4.69, 9.17) is 9.15 Å². The molecule has 8 nitrogen and oxygen atoms in total. The molecule has 1 aliphatic heterocycles. The van der Waals surface area contributed by atoms with E-state index < -0.39 is 0 Å². The summed E-state index contributed by atoms with van der Waals surface area (Å²) in [6, 6.07) is 13.3. The molecule has 4 aromatic rings. The van der Waals surface area contributed by atoms with Crippen molar-refractivity contribution in [2.75, 3.05) is 28.7 Å². The molecule has 3 heterocycles. The van der Waals surface area contributed by atoms with Crippen LogP contribution >= 0.6 is 0 Å². The number of carbonyl (C=O) groups excluding carboxylic acids is 1. The second kappa shape index (κ2) is 6.66. The van der Waals surface area contributed by atoms with Gasteiger partial charge in [0.1, 0.15) is 18.6 Å². The van der Waals surface area contributed by atoms with Gasteiger partial charge in [-0.1, -0.05) is 6.07 Å². The second-order valence-corrected chi connectivity index (χ2v) is 6.36. The minimum atomic E-state index is -0.328. The van der Waals surface area contributed by atoms with Gasteiger partial charge in [0.15, 0.2) is 0 Å². The van der Waals surface area contributed by atoms with Crippen LogP contribution in [0.5, 0.6) is 5.75 Å². The van der Waals surface area contributed by atoms with Crippen LogP contribution in [0.3, 0.4) is 0 Å². The quantitative estimate of drug-likeness (QED) is 0.495. The predicted octanol–water partition coefficient (Wildman–Crippen LogP) is 4.33. The summed E-state index contributed by atoms with van der Waals surface area (Å²) >= 11 is 0. The predicted molar refractivity (Wildman–Crippen MR) is 106 cm³/mol. The Balaban J connectivity index is 1.32. The van der Waals surface area contributed by atoms with E-state index in [1.807, 2.05) is 47.5 Å². The van der Waals surface area contributed by atoms with E-state index in [0.29, 0.717) is 36.3 Å². The zero-order valence-electron chi connectivity index (χ0n) is 14.8. The van der Waals surface area contributed by atoms with Crippen molar-refractivity contribution < 1.29 is 13.9 Å². The van der Waals surface area contributed by atoms with Crippen molar-refractivity contribution >= 4 is 40.0 Å². The van der Waals surface area contributed by atoms with Crippen LogP contribution in [0.4, 0.5) is 27.9 Å². The lowest BCUT2D eigenvalue weighted by Gasteiger charge is -2.28. The van der Waals surface area contributed by atoms with E-state index in [-0.39, 0.29) is 6.03 Å². The number of hydrogen-bond donors (Lipinski definition) is 3. The Labute approximate surface area is 160 Å². The number of carbonyl (C=O) groups is 1. The molecule has 0 bridgehead atoms. The number of aromatic nitrogens is 2. The van der Waals surface area contributed by atoms with E-state index in [2.05, 4.69) is 20.6 Å². The number of ether oxygens (including phenoxy) is 1. The van der Waals surface area contributed by atoms with Crippen molar-refractivity contribution in [3.05, 3.63) is 61.1 Å². The lowest BCUT2D eigenvalue weighted by atomic mass is 10.2. The van der Waals surface area contributed by atoms with Crippen LogP contribution in [0.1, 0.15) is 0 Å². The highest BCUT2D eigenvalue weighted by Crippen LogP contribution is 2.37. The first-order chi connectivity index (χ1) is 13.8. The summed E-state index contributed by atoms with van der Waals surface area (Å²) in [5.41, 5.74) is 3.15. The molecule has 0 unspecified atom stereocenters. The van der Waals surface area contributed by atoms with E-state index in [1.54, 1.807) is 12.3 Å². The molecule has 5 rings (SSSR count). The molecule has 0 fully saturated rings. The fraction of sp³-hybridized carbons (Fsp3) is 0.100. The summed E-state index contributed by atoms with van der Waals surface area (Å²) < 4.78 is 11.1. The molecule has 0 atom stereocenters. The van der Waals surface area contributed by atoms with E-state index in [9.17, 15) is 4.79 Å². The Kier molecular flexibility index (Phi) is 3.86. The third-order valence-electron chi connectivity index (χ3n) is 4.54. The van der Waals surface area contributed by atoms with Crippen molar-refractivity contribution in [2.24, 2.45) is 0 Å². The molecule has 2 amide bonds. The van der Waals surface area contributed by atoms with E-state index in [0.717, 1.165) is 16.6 Å². The highest BCUT2D eigenvalue weighted by Gasteiger charge is 2.22. The third-order valence-corrected chi connectivity index (χ3v) is 4.54. The van der Waals surface area contributed by atoms with Gasteiger partial charge in [-0.3, -0.25) is 4.90 Å². The second-order valence-electron chi connectivity index (χ2n) is 6.36. The highest BCUT2D eigenvalue weighted by atomic mass is 16.5. The number of anilines is 4. The number of amides is 2. The Morgan fingerprint density at radius 1 is 1.11 bits per heavy atom. The average Bonchev–Trinajstić information content (AvgIpc) is 3.39. The summed E-state index contributed by atoms with van der Waals surface area (Å²) in [5, 5.41) is 6.76. The summed E-state index contributed by atoms with van der Waals surface area (Å²) in [6.45, 7) is 1.14. The Hall–Kier alpha value is -3.94. The number of hydrogen-bond acceptors (Lipinski definition) is 5. The van der Waals surface area contributed by atoms with Crippen LogP contribution in [-0.2, 0) is 0 Å². The third kappa shape index (κ3) is 3.01. The minimum Gasteiger partial charge on any atom is -0.489 e. The van der Waals surface area contributed by atoms with E-state index >= 15 is 0 Å². The van der Waals surface area contributed by atoms with Gasteiger partial charge in [-0.25, -0.2) is 9.78 Å². The van der Waals surface area contributed by atoms with Gasteiger partial charge in [0.2, 0.25) is 0 Å². The van der Waals surface area contributed by atoms with Gasteiger partial charge in [0, 0.05) is 29.2 Å². The summed E-state index contributed by atoms with van der Waals surface area (Å²) in [7, 11) is 0. The maximum Gasteiger partial charge on any atom is 0.323 e. The molecule has 0 saturated carbocycles. The molecule has 140 valence electrons. The molecule has 3 N–H and O–H groups in total. The maximum atomic E-state index is 12.4. The van der Waals surface area contributed by atoms with Crippen LogP contribution < -0.4 is 20.3 Å². The zero-order chi connectivity index (χ0) is 18.9. The Morgan fingerprint density at radius 3 is 2.82 bits per heavy atom. The van der Waals surface area contributed by atoms with Gasteiger partial charge >= 0.3 is 12.0 Å². The molecule has 2 aromatic carbocycles. The first-order valence-corrected chi connectivity index (χ1v) is 8.85. The number of urea groups is 1. The number of oxazole rings is 1. The molecule has 1 aliphatic rings. The summed E-state index contributed by atoms with van der Waals surface area (Å²) in [6.07, 6.45) is 5.01. The first kappa shape index (κ1) is 16.2. The molecular formula is C20H17N5O3. The average molecular weight is 375 g/mol. The van der Waals surface area contributed by atoms with Crippen LogP contribution in [0, 0.1) is 0 Å². The topological polar surface area (TPSA) is 95.4 Å². The molecule has 0 radical (unpaired) electrons. The molecule has 0 aliphatic carbocycles. The number of fused-ring (bicyclic) bond motifs is 2. The summed E-state index contributed by atoms with van der Waals surface area (Å²) in [4.78, 5) is 21.6. The van der Waals surface area contributed by atoms with Gasteiger partial charge in [0.25, 0.3) is 0 Å². The normalized spacial score (nSPS) is 13.1. The molecule has 2 aromatic heterocycles. The SMILES string of the molecule is O=C(Nc1ccc2c(c1)OCCN2c1ncco1)Nc1ccc2cc[nH]c2c1. The van der Waals surface area contributed by atoms with Gasteiger partial charge in [-0.2, -0.15) is 0 Å². The van der Waals surface area contributed by atoms with Gasteiger partial charge < -0.3 is 24.8 Å². The number of nitrogens with one attached hydrogen (secondary N) is 3. The monoisotopic (exact) mass is 375 g/mol. The number of rotatable bonds is 3. The van der Waals surface area contributed by atoms with Crippen LogP contribution in [0.25, 0.3) is 10.9 Å². The first-order valence-electron chi connectivity index (χ1n) is 8.85. The van der Waals surface area contributed by atoms with Gasteiger partial charge in [-0.15, -0.1) is 0 Å². The standard InChI is InChI=1S/C20H17N5O3/c26-19(23-14-2-1-13-5-6-21-16(13)11-14)24-15-3-4-17-18(12-15)27-10-8-25(17)20-22-7-9-28-20/h1-7,9,11-12,21H,8,10H2,(H2,23,24,26). The van der Waals surface area contributed by atoms with Crippen LogP contribution in [0.15, 0.2) is 65.5 Å². The largest absolute Gasteiger partial charge is 0.489 e. The molecule has 0 spiro atoms. The van der Waals surface area contributed by atoms with Gasteiger partial charge in [0.05, 0.1) is 18.4 Å². The van der Waals surface area contributed by atoms with Crippen molar-refractivity contribution in [1.29, 1.82) is 0 Å². The number of aromatic amines is 1. The molecular weight excluding hydrogens is 358 g/mol. The number of H-pyrrole nitrogens is 1. The number of nitrogens with zero attached hydrogens (tertiary/aromatic N) is 2. The van der Waals surface area contributed by atoms with Crippen molar-refractivity contribution in [2.45, 2.75) is 0 Å². The van der Waals surface area contributed by atoms with Crippen LogP contribution in [-0.4, -0.2) is 29.2 Å². The lowest BCUT2D eigenvalue weighted by molar-refractivity contribution is 0.262. The summed E-state index contributed by atoms with van der Waals surface area (Å²) in [5.74, 6) is 0.662. The molecule has 28 heavy (non-hydrogen) atoms. The Bertz CT molecular complexity index is 1140. The smallest absolute Gasteiger partial charge is 0.323 e. The molecule has 8 heteroatoms. The highest BCUT2D eigenvalue weighted by molar-refractivity contribution is 6.01. The lowest BCUT2D eigenvalue weighted by Crippen LogP contribution is -2.29. The maximum absolute atomic E-state index is 12.4. The fourth-order valence-electron chi connectivity index (χ4n) is 3.26. The van der Waals surface area contributed by atoms with Crippen molar-refractivity contribution in [3.63, 3.8) is 0 Å². The Morgan fingerprint density at radius 2 is 1.96 bits per heavy atom. The van der Waals surface area contributed by atoms with Crippen molar-refractivity contribution in [3.8, 4) is 5.75 Å². The van der Waals surface area contributed by atoms with E-state index in [1.165, 1.54) is 6.26 Å². The minimum absolute atomic E-state index is 0.328. The fourth-order valence-corrected chi connectivity index (χ4v) is 3.26. The zero-order valence-corrected chi connectivity index (χ0v) is 14.8. The number of benzene rings is 2. The molecule has 0 saturated heterocycles.